The molecule has 1 saturated heterocycles. The number of nitrogens with one attached hydrogen (secondary N) is 1. The Morgan fingerprint density at radius 2 is 2.23 bits per heavy atom. The molecule has 2 aromatic heterocycles. The highest BCUT2D eigenvalue weighted by molar-refractivity contribution is 6.07. The van der Waals surface area contributed by atoms with E-state index in [4.69, 9.17) is 0 Å². The van der Waals surface area contributed by atoms with Crippen LogP contribution in [0, 0.1) is 10.1 Å². The van der Waals surface area contributed by atoms with Crippen LogP contribution < -0.4 is 5.32 Å². The number of non-ortho nitro benzene ring substituents is 1. The predicted octanol–water partition coefficient (Wildman–Crippen LogP) is 3.02. The fourth-order valence-electron chi connectivity index (χ4n) is 3.40. The minimum absolute atomic E-state index is 0.122. The summed E-state index contributed by atoms with van der Waals surface area (Å²) < 4.78 is 2.24. The number of rotatable bonds is 2. The number of nitrogens with zero attached hydrogens (tertiary/aromatic N) is 3. The fourth-order valence-corrected chi connectivity index (χ4v) is 3.40. The van der Waals surface area contributed by atoms with Crippen LogP contribution in [0.5, 0.6) is 0 Å². The van der Waals surface area contributed by atoms with E-state index in [1.54, 1.807) is 18.3 Å². The zero-order valence-corrected chi connectivity index (χ0v) is 12.0. The van der Waals surface area contributed by atoms with E-state index in [1.807, 2.05) is 18.2 Å². The van der Waals surface area contributed by atoms with Crippen molar-refractivity contribution >= 4 is 27.6 Å². The number of fused-ring (bicyclic) bond motifs is 3. The number of aromatic nitrogens is 2. The maximum Gasteiger partial charge on any atom is 0.270 e. The molecule has 1 N–H and O–H groups in total. The summed E-state index contributed by atoms with van der Waals surface area (Å²) in [7, 11) is 0. The van der Waals surface area contributed by atoms with E-state index in [1.165, 1.54) is 0 Å². The van der Waals surface area contributed by atoms with Gasteiger partial charge >= 0.3 is 0 Å². The fraction of sp³-hybridized carbons (Fsp3) is 0.312. The zero-order chi connectivity index (χ0) is 15.1. The quantitative estimate of drug-likeness (QED) is 0.583. The molecule has 6 heteroatoms. The highest BCUT2D eigenvalue weighted by Crippen LogP contribution is 2.34. The molecule has 3 heterocycles. The average Bonchev–Trinajstić information content (AvgIpc) is 2.89. The molecule has 0 bridgehead atoms. The number of nitro benzene ring substituents is 1. The SMILES string of the molecule is O=[N+]([O-])c1ccc2c(c1)c1cccnc1n2C1CCCNC1. The van der Waals surface area contributed by atoms with Gasteiger partial charge in [0.05, 0.1) is 10.4 Å². The van der Waals surface area contributed by atoms with Gasteiger partial charge in [-0.3, -0.25) is 10.1 Å². The van der Waals surface area contributed by atoms with Crippen molar-refractivity contribution in [2.45, 2.75) is 18.9 Å². The van der Waals surface area contributed by atoms with Crippen LogP contribution in [-0.2, 0) is 0 Å². The summed E-state index contributed by atoms with van der Waals surface area (Å²) in [5.74, 6) is 0. The lowest BCUT2D eigenvalue weighted by Gasteiger charge is -2.25. The molecule has 1 aromatic carbocycles. The van der Waals surface area contributed by atoms with E-state index in [-0.39, 0.29) is 10.6 Å². The van der Waals surface area contributed by atoms with E-state index >= 15 is 0 Å². The number of pyridine rings is 1. The van der Waals surface area contributed by atoms with E-state index in [0.29, 0.717) is 6.04 Å². The molecule has 1 aliphatic rings. The van der Waals surface area contributed by atoms with Crippen molar-refractivity contribution in [3.8, 4) is 0 Å². The minimum Gasteiger partial charge on any atom is -0.321 e. The van der Waals surface area contributed by atoms with E-state index in [0.717, 1.165) is 47.9 Å². The summed E-state index contributed by atoms with van der Waals surface area (Å²) in [6.45, 7) is 1.96. The second-order valence-electron chi connectivity index (χ2n) is 5.70. The van der Waals surface area contributed by atoms with Crippen molar-refractivity contribution in [3.63, 3.8) is 0 Å². The van der Waals surface area contributed by atoms with Crippen LogP contribution in [0.2, 0.25) is 0 Å². The molecule has 1 atom stereocenters. The lowest BCUT2D eigenvalue weighted by atomic mass is 10.1. The van der Waals surface area contributed by atoms with E-state index in [9.17, 15) is 10.1 Å². The molecule has 3 aromatic rings. The second-order valence-corrected chi connectivity index (χ2v) is 5.70. The summed E-state index contributed by atoms with van der Waals surface area (Å²) in [6, 6.07) is 9.29. The van der Waals surface area contributed by atoms with Crippen LogP contribution in [0.15, 0.2) is 36.5 Å². The Bertz CT molecular complexity index is 865. The molecule has 1 unspecified atom stereocenters. The Kier molecular flexibility index (Phi) is 3.04. The molecule has 1 fully saturated rings. The molecular formula is C16H16N4O2. The zero-order valence-electron chi connectivity index (χ0n) is 12.0. The Balaban J connectivity index is 2.02. The standard InChI is InChI=1S/C16H16N4O2/c21-20(22)11-5-6-15-14(9-11)13-4-2-8-18-16(13)19(15)12-3-1-7-17-10-12/h2,4-6,8-9,12,17H,1,3,7,10H2. The molecular weight excluding hydrogens is 280 g/mol. The third-order valence-electron chi connectivity index (χ3n) is 4.39. The molecule has 0 amide bonds. The first kappa shape index (κ1) is 13.2. The van der Waals surface area contributed by atoms with Crippen LogP contribution in [-0.4, -0.2) is 27.6 Å². The van der Waals surface area contributed by atoms with Gasteiger partial charge < -0.3 is 9.88 Å². The molecule has 0 aliphatic carbocycles. The Labute approximate surface area is 126 Å². The third kappa shape index (κ3) is 1.95. The molecule has 0 radical (unpaired) electrons. The van der Waals surface area contributed by atoms with Gasteiger partial charge in [0.25, 0.3) is 5.69 Å². The summed E-state index contributed by atoms with van der Waals surface area (Å²) in [4.78, 5) is 15.2. The average molecular weight is 296 g/mol. The molecule has 0 saturated carbocycles. The lowest BCUT2D eigenvalue weighted by molar-refractivity contribution is -0.384. The predicted molar refractivity (Wildman–Crippen MR) is 85.0 cm³/mol. The highest BCUT2D eigenvalue weighted by atomic mass is 16.6. The summed E-state index contributed by atoms with van der Waals surface area (Å²) in [5, 5.41) is 16.4. The topological polar surface area (TPSA) is 73.0 Å². The molecule has 4 rings (SSSR count). The monoisotopic (exact) mass is 296 g/mol. The van der Waals surface area contributed by atoms with Gasteiger partial charge in [-0.25, -0.2) is 4.98 Å². The van der Waals surface area contributed by atoms with Crippen molar-refractivity contribution in [1.82, 2.24) is 14.9 Å². The summed E-state index contributed by atoms with van der Waals surface area (Å²) >= 11 is 0. The van der Waals surface area contributed by atoms with Gasteiger partial charge in [0.1, 0.15) is 5.65 Å². The number of benzene rings is 1. The first-order valence-corrected chi connectivity index (χ1v) is 7.49. The number of hydrogen-bond acceptors (Lipinski definition) is 4. The first-order valence-electron chi connectivity index (χ1n) is 7.49. The van der Waals surface area contributed by atoms with Crippen LogP contribution in [0.4, 0.5) is 5.69 Å². The Hall–Kier alpha value is -2.47. The van der Waals surface area contributed by atoms with Gasteiger partial charge in [-0.2, -0.15) is 0 Å². The van der Waals surface area contributed by atoms with Gasteiger partial charge in [0, 0.05) is 41.7 Å². The van der Waals surface area contributed by atoms with Gasteiger partial charge in [-0.05, 0) is 37.6 Å². The minimum atomic E-state index is -0.346. The molecule has 1 aliphatic heterocycles. The maximum absolute atomic E-state index is 11.1. The maximum atomic E-state index is 11.1. The number of hydrogen-bond donors (Lipinski definition) is 1. The van der Waals surface area contributed by atoms with Crippen LogP contribution in [0.25, 0.3) is 21.9 Å². The Morgan fingerprint density at radius 3 is 3.00 bits per heavy atom. The smallest absolute Gasteiger partial charge is 0.270 e. The Morgan fingerprint density at radius 1 is 1.32 bits per heavy atom. The van der Waals surface area contributed by atoms with Crippen molar-refractivity contribution in [2.24, 2.45) is 0 Å². The van der Waals surface area contributed by atoms with Crippen LogP contribution >= 0.6 is 0 Å². The van der Waals surface area contributed by atoms with Gasteiger partial charge in [0.15, 0.2) is 0 Å². The summed E-state index contributed by atoms with van der Waals surface area (Å²) in [6.07, 6.45) is 4.01. The van der Waals surface area contributed by atoms with Crippen molar-refractivity contribution in [3.05, 3.63) is 46.6 Å². The molecule has 6 nitrogen and oxygen atoms in total. The largest absolute Gasteiger partial charge is 0.321 e. The first-order chi connectivity index (χ1) is 10.8. The normalized spacial score (nSPS) is 18.8. The van der Waals surface area contributed by atoms with Crippen molar-refractivity contribution in [2.75, 3.05) is 13.1 Å². The number of piperidine rings is 1. The second kappa shape index (κ2) is 5.06. The van der Waals surface area contributed by atoms with E-state index < -0.39 is 0 Å². The molecule has 112 valence electrons. The van der Waals surface area contributed by atoms with Gasteiger partial charge in [0.2, 0.25) is 0 Å². The van der Waals surface area contributed by atoms with Crippen LogP contribution in [0.3, 0.4) is 0 Å². The summed E-state index contributed by atoms with van der Waals surface area (Å²) in [5.41, 5.74) is 2.05. The molecule has 22 heavy (non-hydrogen) atoms. The van der Waals surface area contributed by atoms with Crippen LogP contribution in [0.1, 0.15) is 18.9 Å². The van der Waals surface area contributed by atoms with E-state index in [2.05, 4.69) is 14.9 Å². The van der Waals surface area contributed by atoms with Gasteiger partial charge in [-0.15, -0.1) is 0 Å². The third-order valence-corrected chi connectivity index (χ3v) is 4.39. The number of nitro groups is 1. The van der Waals surface area contributed by atoms with Crippen molar-refractivity contribution in [1.29, 1.82) is 0 Å². The lowest BCUT2D eigenvalue weighted by Crippen LogP contribution is -2.31. The molecule has 0 spiro atoms. The van der Waals surface area contributed by atoms with Crippen molar-refractivity contribution < 1.29 is 4.92 Å². The highest BCUT2D eigenvalue weighted by Gasteiger charge is 2.22. The van der Waals surface area contributed by atoms with Gasteiger partial charge in [-0.1, -0.05) is 0 Å².